The molecule has 0 radical (unpaired) electrons. The number of rotatable bonds is 8. The van der Waals surface area contributed by atoms with Crippen LogP contribution in [-0.2, 0) is 0 Å². The van der Waals surface area contributed by atoms with Crippen molar-refractivity contribution in [2.24, 2.45) is 5.92 Å². The zero-order valence-electron chi connectivity index (χ0n) is 23.4. The van der Waals surface area contributed by atoms with Gasteiger partial charge in [-0.1, -0.05) is 18.2 Å². The summed E-state index contributed by atoms with van der Waals surface area (Å²) in [6, 6.07) is 8.49. The van der Waals surface area contributed by atoms with Crippen molar-refractivity contribution in [1.29, 1.82) is 0 Å². The highest BCUT2D eigenvalue weighted by Gasteiger charge is 2.31. The Morgan fingerprint density at radius 3 is 1.43 bits per heavy atom. The second-order valence-corrected chi connectivity index (χ2v) is 11.4. The van der Waals surface area contributed by atoms with Crippen LogP contribution in [0.3, 0.4) is 0 Å². The second-order valence-electron chi connectivity index (χ2n) is 11.4. The van der Waals surface area contributed by atoms with E-state index < -0.39 is 40.7 Å². The lowest BCUT2D eigenvalue weighted by molar-refractivity contribution is 0.191. The fraction of sp³-hybridized carbons (Fsp3) is 0.455. The van der Waals surface area contributed by atoms with Crippen LogP contribution in [-0.4, -0.2) is 18.3 Å². The van der Waals surface area contributed by atoms with Crippen LogP contribution in [0.4, 0.5) is 26.3 Å². The van der Waals surface area contributed by atoms with Gasteiger partial charge in [-0.05, 0) is 117 Å². The number of halogens is 6. The lowest BCUT2D eigenvalue weighted by Crippen LogP contribution is -2.20. The molecule has 3 aromatic carbocycles. The molecule has 0 amide bonds. The zero-order valence-corrected chi connectivity index (χ0v) is 23.4. The summed E-state index contributed by atoms with van der Waals surface area (Å²) < 4.78 is 98.0. The summed E-state index contributed by atoms with van der Waals surface area (Å²) in [7, 11) is 0. The van der Waals surface area contributed by atoms with Crippen LogP contribution in [0.1, 0.15) is 92.7 Å². The van der Waals surface area contributed by atoms with Gasteiger partial charge in [-0.25, -0.2) is 13.2 Å². The third-order valence-corrected chi connectivity index (χ3v) is 8.91. The molecule has 9 heteroatoms. The van der Waals surface area contributed by atoms with Gasteiger partial charge in [0.2, 0.25) is 17.5 Å². The van der Waals surface area contributed by atoms with Crippen LogP contribution in [0.5, 0.6) is 17.2 Å². The van der Waals surface area contributed by atoms with Gasteiger partial charge in [-0.3, -0.25) is 0 Å². The fourth-order valence-corrected chi connectivity index (χ4v) is 6.54. The minimum Gasteiger partial charge on any atom is -0.505 e. The molecule has 0 aliphatic heterocycles. The molecule has 3 aromatic rings. The lowest BCUT2D eigenvalue weighted by atomic mass is 9.76. The van der Waals surface area contributed by atoms with Gasteiger partial charge >= 0.3 is 0 Å². The molecule has 0 unspecified atom stereocenters. The molecule has 3 nitrogen and oxygen atoms in total. The molecule has 1 N–H and O–H groups in total. The zero-order chi connectivity index (χ0) is 30.0. The van der Waals surface area contributed by atoms with Crippen molar-refractivity contribution in [3.8, 4) is 17.2 Å². The molecule has 0 bridgehead atoms. The predicted octanol–water partition coefficient (Wildman–Crippen LogP) is 9.42. The molecule has 2 saturated carbocycles. The number of ether oxygens (including phenoxy) is 2. The molecule has 0 aromatic heterocycles. The first-order valence-corrected chi connectivity index (χ1v) is 14.6. The number of hydrogen-bond acceptors (Lipinski definition) is 3. The van der Waals surface area contributed by atoms with Gasteiger partial charge in [-0.15, -0.1) is 0 Å². The van der Waals surface area contributed by atoms with Crippen LogP contribution in [0.15, 0.2) is 36.4 Å². The van der Waals surface area contributed by atoms with E-state index in [1.54, 1.807) is 13.0 Å². The third kappa shape index (κ3) is 6.06. The minimum atomic E-state index is -1.25. The van der Waals surface area contributed by atoms with Crippen LogP contribution >= 0.6 is 0 Å². The summed E-state index contributed by atoms with van der Waals surface area (Å²) in [5.41, 5.74) is 0.763. The molecule has 2 fully saturated rings. The van der Waals surface area contributed by atoms with Crippen LogP contribution in [0.2, 0.25) is 0 Å². The molecular weight excluding hydrogens is 558 g/mol. The van der Waals surface area contributed by atoms with Gasteiger partial charge in [0.1, 0.15) is 0 Å². The topological polar surface area (TPSA) is 38.7 Å². The molecule has 0 saturated heterocycles. The summed E-state index contributed by atoms with van der Waals surface area (Å²) in [6.07, 6.45) is 4.50. The monoisotopic (exact) mass is 592 g/mol. The summed E-state index contributed by atoms with van der Waals surface area (Å²) in [4.78, 5) is 0. The Kier molecular flexibility index (Phi) is 9.23. The van der Waals surface area contributed by atoms with Crippen molar-refractivity contribution in [1.82, 2.24) is 0 Å². The van der Waals surface area contributed by atoms with Crippen molar-refractivity contribution in [2.45, 2.75) is 76.0 Å². The Balaban J connectivity index is 1.15. The van der Waals surface area contributed by atoms with Crippen LogP contribution < -0.4 is 9.47 Å². The van der Waals surface area contributed by atoms with Crippen molar-refractivity contribution in [3.63, 3.8) is 0 Å². The standard InChI is InChI=1S/C33H34F6O3/c1-2-41-26-15-12-23(29(35)32(26)38)20-7-9-21(10-8-20)24-13-16-27(33(39)30(24)36)42-17-18-3-5-19(6-4-18)22-11-14-25(40)31(37)28(22)34/h11-16,18-21,40H,2-10,17H2,1H3. The van der Waals surface area contributed by atoms with E-state index in [2.05, 4.69) is 0 Å². The van der Waals surface area contributed by atoms with Crippen molar-refractivity contribution < 1.29 is 40.9 Å². The molecule has 226 valence electrons. The molecule has 2 aliphatic rings. The molecule has 42 heavy (non-hydrogen) atoms. The van der Waals surface area contributed by atoms with E-state index in [1.807, 2.05) is 0 Å². The first-order valence-electron chi connectivity index (χ1n) is 14.6. The normalized spacial score (nSPS) is 22.6. The Labute approximate surface area is 241 Å². The van der Waals surface area contributed by atoms with Crippen molar-refractivity contribution >= 4 is 0 Å². The SMILES string of the molecule is CCOc1ccc(C2CCC(c3ccc(OCC4CCC(c5ccc(O)c(F)c5F)CC4)c(F)c3F)CC2)c(F)c1F. The Morgan fingerprint density at radius 1 is 0.548 bits per heavy atom. The average molecular weight is 593 g/mol. The molecule has 5 rings (SSSR count). The van der Waals surface area contributed by atoms with E-state index in [0.29, 0.717) is 51.4 Å². The molecule has 0 spiro atoms. The maximum Gasteiger partial charge on any atom is 0.200 e. The van der Waals surface area contributed by atoms with E-state index in [4.69, 9.17) is 9.47 Å². The van der Waals surface area contributed by atoms with E-state index in [-0.39, 0.29) is 65.1 Å². The molecular formula is C33H34F6O3. The minimum absolute atomic E-state index is 0.0523. The smallest absolute Gasteiger partial charge is 0.200 e. The largest absolute Gasteiger partial charge is 0.505 e. The first-order chi connectivity index (χ1) is 20.2. The highest BCUT2D eigenvalue weighted by Crippen LogP contribution is 2.44. The van der Waals surface area contributed by atoms with Gasteiger partial charge < -0.3 is 14.6 Å². The average Bonchev–Trinajstić information content (AvgIpc) is 3.00. The highest BCUT2D eigenvalue weighted by molar-refractivity contribution is 5.36. The van der Waals surface area contributed by atoms with E-state index >= 15 is 8.78 Å². The van der Waals surface area contributed by atoms with Crippen LogP contribution in [0.25, 0.3) is 0 Å². The summed E-state index contributed by atoms with van der Waals surface area (Å²) in [5, 5.41) is 9.35. The Morgan fingerprint density at radius 2 is 0.952 bits per heavy atom. The third-order valence-electron chi connectivity index (χ3n) is 8.91. The quantitative estimate of drug-likeness (QED) is 0.265. The van der Waals surface area contributed by atoms with Gasteiger partial charge in [0.05, 0.1) is 13.2 Å². The van der Waals surface area contributed by atoms with Crippen LogP contribution in [0, 0.1) is 40.8 Å². The maximum absolute atomic E-state index is 15.1. The summed E-state index contributed by atoms with van der Waals surface area (Å²) >= 11 is 0. The maximum atomic E-state index is 15.1. The second kappa shape index (κ2) is 12.9. The predicted molar refractivity (Wildman–Crippen MR) is 146 cm³/mol. The van der Waals surface area contributed by atoms with Gasteiger partial charge in [-0.2, -0.15) is 13.2 Å². The number of phenols is 1. The first kappa shape index (κ1) is 30.1. The molecule has 0 atom stereocenters. The molecule has 2 aliphatic carbocycles. The lowest BCUT2D eigenvalue weighted by Gasteiger charge is -2.30. The van der Waals surface area contributed by atoms with E-state index in [1.165, 1.54) is 24.3 Å². The molecule has 0 heterocycles. The van der Waals surface area contributed by atoms with Crippen molar-refractivity contribution in [2.75, 3.05) is 13.2 Å². The van der Waals surface area contributed by atoms with Gasteiger partial charge in [0, 0.05) is 0 Å². The van der Waals surface area contributed by atoms with E-state index in [0.717, 1.165) is 6.07 Å². The Bertz CT molecular complexity index is 1410. The fourth-order valence-electron chi connectivity index (χ4n) is 6.54. The highest BCUT2D eigenvalue weighted by atomic mass is 19.2. The van der Waals surface area contributed by atoms with Gasteiger partial charge in [0.25, 0.3) is 0 Å². The Hall–Kier alpha value is -3.36. The number of aromatic hydroxyl groups is 1. The number of phenolic OH excluding ortho intramolecular Hbond substituents is 1. The van der Waals surface area contributed by atoms with Gasteiger partial charge in [0.15, 0.2) is 34.7 Å². The summed E-state index contributed by atoms with van der Waals surface area (Å²) in [6.45, 7) is 2.08. The summed E-state index contributed by atoms with van der Waals surface area (Å²) in [5.74, 6) is -7.83. The van der Waals surface area contributed by atoms with Crippen molar-refractivity contribution in [3.05, 3.63) is 88.0 Å². The van der Waals surface area contributed by atoms with E-state index in [9.17, 15) is 22.7 Å². The number of benzene rings is 3. The number of hydrogen-bond donors (Lipinski definition) is 1.